The molecule has 27 heteroatoms. The molecule has 3 aliphatic heterocycles. The Morgan fingerprint density at radius 2 is 1.94 bits per heavy atom. The number of rotatable bonds is 20. The number of imidazole rings is 1. The second kappa shape index (κ2) is 17.9. The molecule has 3 saturated heterocycles. The molecule has 0 aliphatic carbocycles. The van der Waals surface area contributed by atoms with Crippen LogP contribution in [-0.2, 0) is 45.9 Å². The third-order valence-electron chi connectivity index (χ3n) is 8.37. The van der Waals surface area contributed by atoms with Crippen molar-refractivity contribution in [2.45, 2.75) is 86.8 Å². The lowest BCUT2D eigenvalue weighted by Crippen LogP contribution is -2.36. The van der Waals surface area contributed by atoms with Crippen molar-refractivity contribution in [3.63, 3.8) is 0 Å². The number of ether oxygens (including phenoxy) is 2. The summed E-state index contributed by atoms with van der Waals surface area (Å²) in [6, 6.07) is 0.252. The Bertz CT molecular complexity index is 1770. The van der Waals surface area contributed by atoms with Crippen LogP contribution in [0.4, 0.5) is 5.82 Å². The minimum Gasteiger partial charge on any atom is -0.382 e. The molecule has 6 unspecified atom stereocenters. The van der Waals surface area contributed by atoms with Crippen LogP contribution in [0.2, 0.25) is 0 Å². The van der Waals surface area contributed by atoms with Gasteiger partial charge in [0.15, 0.2) is 11.5 Å². The summed E-state index contributed by atoms with van der Waals surface area (Å²) >= 11 is 1.91. The zero-order valence-electron chi connectivity index (χ0n) is 28.5. The highest BCUT2D eigenvalue weighted by molar-refractivity contribution is 8.77. The quantitative estimate of drug-likeness (QED) is 0.0435. The van der Waals surface area contributed by atoms with Gasteiger partial charge in [-0.2, -0.15) is 20.4 Å². The normalized spacial score (nSPS) is 27.0. The van der Waals surface area contributed by atoms with Crippen LogP contribution in [0.3, 0.4) is 0 Å². The molecule has 8 atom stereocenters. The number of amides is 2. The van der Waals surface area contributed by atoms with Gasteiger partial charge in [-0.15, -0.1) is 0 Å². The SMILES string of the molecule is CC(C)(CNC(=O)CCCCC1SCC2CC(=O)NC21)SSCOC1C[C@H](n2cnc3c(N)ncnc32)O[C@@H]1COP(=O)(O)OP(=O)(O)OP(=O)(O)O. The van der Waals surface area contributed by atoms with E-state index in [4.69, 9.17) is 29.5 Å². The highest BCUT2D eigenvalue weighted by atomic mass is 33.1. The maximum Gasteiger partial charge on any atom is 0.490 e. The van der Waals surface area contributed by atoms with Gasteiger partial charge in [0, 0.05) is 41.8 Å². The molecular formula is C26H42N7O14P3S3. The zero-order chi connectivity index (χ0) is 38.6. The Kier molecular flexibility index (Phi) is 14.4. The molecule has 2 aromatic heterocycles. The minimum absolute atomic E-state index is 0.0434. The van der Waals surface area contributed by atoms with Crippen LogP contribution < -0.4 is 16.4 Å². The van der Waals surface area contributed by atoms with E-state index in [0.29, 0.717) is 41.7 Å². The van der Waals surface area contributed by atoms with Gasteiger partial charge in [-0.3, -0.25) is 18.7 Å². The van der Waals surface area contributed by atoms with Gasteiger partial charge < -0.3 is 45.4 Å². The second-order valence-electron chi connectivity index (χ2n) is 13.1. The molecule has 2 aromatic rings. The number of phosphoric ester groups is 1. The molecular weight excluding hydrogens is 823 g/mol. The molecule has 3 aliphatic rings. The van der Waals surface area contributed by atoms with Crippen molar-refractivity contribution in [3.8, 4) is 0 Å². The van der Waals surface area contributed by atoms with Crippen molar-refractivity contribution in [2.75, 3.05) is 30.6 Å². The second-order valence-corrected chi connectivity index (χ2v) is 21.7. The molecule has 3 fully saturated rings. The molecule has 8 N–H and O–H groups in total. The minimum atomic E-state index is -5.72. The highest BCUT2D eigenvalue weighted by Crippen LogP contribution is 2.66. The fraction of sp³-hybridized carbons (Fsp3) is 0.731. The highest BCUT2D eigenvalue weighted by Gasteiger charge is 2.44. The Morgan fingerprint density at radius 1 is 1.17 bits per heavy atom. The predicted octanol–water partition coefficient (Wildman–Crippen LogP) is 2.84. The smallest absolute Gasteiger partial charge is 0.382 e. The number of thioether (sulfide) groups is 1. The Morgan fingerprint density at radius 3 is 2.70 bits per heavy atom. The number of hydrogen-bond acceptors (Lipinski definition) is 17. The number of nitrogens with zero attached hydrogens (tertiary/aromatic N) is 4. The maximum atomic E-state index is 12.6. The van der Waals surface area contributed by atoms with E-state index < -0.39 is 48.5 Å². The summed E-state index contributed by atoms with van der Waals surface area (Å²) in [5.74, 6) is 1.76. The number of carbonyl (C=O) groups excluding carboxylic acids is 2. The Hall–Kier alpha value is -1.33. The molecule has 53 heavy (non-hydrogen) atoms. The number of anilines is 1. The van der Waals surface area contributed by atoms with Crippen molar-refractivity contribution in [1.29, 1.82) is 0 Å². The lowest BCUT2D eigenvalue weighted by Gasteiger charge is -2.24. The lowest BCUT2D eigenvalue weighted by molar-refractivity contribution is -0.121. The number of fused-ring (bicyclic) bond motifs is 2. The summed E-state index contributed by atoms with van der Waals surface area (Å²) in [7, 11) is -13.9. The first-order chi connectivity index (χ1) is 24.8. The summed E-state index contributed by atoms with van der Waals surface area (Å²) in [6.45, 7) is 3.60. The van der Waals surface area contributed by atoms with Crippen LogP contribution in [0.15, 0.2) is 12.7 Å². The molecule has 5 rings (SSSR count). The van der Waals surface area contributed by atoms with E-state index in [9.17, 15) is 33.1 Å². The molecule has 2 amide bonds. The summed E-state index contributed by atoms with van der Waals surface area (Å²) in [4.78, 5) is 73.6. The van der Waals surface area contributed by atoms with Crippen LogP contribution >= 0.6 is 56.8 Å². The fourth-order valence-electron chi connectivity index (χ4n) is 6.01. The monoisotopic (exact) mass is 865 g/mol. The number of hydrogen-bond donors (Lipinski definition) is 7. The molecule has 0 aromatic carbocycles. The first kappa shape index (κ1) is 42.8. The van der Waals surface area contributed by atoms with E-state index in [1.54, 1.807) is 4.57 Å². The van der Waals surface area contributed by atoms with Gasteiger partial charge in [-0.25, -0.2) is 28.6 Å². The summed E-state index contributed by atoms with van der Waals surface area (Å²) in [5.41, 5.74) is 6.55. The zero-order valence-corrected chi connectivity index (χ0v) is 33.6. The average Bonchev–Trinajstić information content (AvgIpc) is 3.82. The Balaban J connectivity index is 1.08. The van der Waals surface area contributed by atoms with Gasteiger partial charge in [-0.1, -0.05) is 28.0 Å². The van der Waals surface area contributed by atoms with Crippen molar-refractivity contribution in [1.82, 2.24) is 30.2 Å². The molecule has 21 nitrogen and oxygen atoms in total. The van der Waals surface area contributed by atoms with E-state index in [2.05, 4.69) is 34.2 Å². The standard InChI is InChI=1S/C26H42N7O14P3S3/c1-26(2,11-28-19(34)6-4-3-5-18-22-15(10-51-18)7-20(35)32-22)53-52-14-43-16-8-21(33-13-31-23-24(27)29-12-30-25(23)33)45-17(16)9-44-49(39,40)47-50(41,42)46-48(36,37)38/h12-13,15-18,21-22H,3-11,14H2,1-2H3,(H,28,34)(H,32,35)(H,39,40)(H,41,42)(H2,27,29,30)(H2,36,37,38)/t15?,16?,17-,18?,21-,22?/m1/s1. The summed E-state index contributed by atoms with van der Waals surface area (Å²) < 4.78 is 60.8. The van der Waals surface area contributed by atoms with E-state index in [1.165, 1.54) is 34.2 Å². The third-order valence-corrected chi connectivity index (χ3v) is 16.7. The van der Waals surface area contributed by atoms with Crippen LogP contribution in [0.1, 0.15) is 58.6 Å². The van der Waals surface area contributed by atoms with Crippen LogP contribution in [0.25, 0.3) is 11.2 Å². The lowest BCUT2D eigenvalue weighted by atomic mass is 9.97. The first-order valence-electron chi connectivity index (χ1n) is 16.3. The molecule has 0 saturated carbocycles. The predicted molar refractivity (Wildman–Crippen MR) is 195 cm³/mol. The van der Waals surface area contributed by atoms with Gasteiger partial charge >= 0.3 is 23.5 Å². The van der Waals surface area contributed by atoms with Gasteiger partial charge in [0.2, 0.25) is 11.8 Å². The van der Waals surface area contributed by atoms with E-state index in [1.807, 2.05) is 25.6 Å². The topological polar surface area (TPSA) is 306 Å². The fourth-order valence-corrected chi connectivity index (χ4v) is 12.9. The molecule has 0 bridgehead atoms. The number of carbonyl (C=O) groups is 2. The number of nitrogens with two attached hydrogens (primary N) is 1. The van der Waals surface area contributed by atoms with Crippen molar-refractivity contribution in [3.05, 3.63) is 12.7 Å². The summed E-state index contributed by atoms with van der Waals surface area (Å²) in [6.07, 6.45) is 3.85. The van der Waals surface area contributed by atoms with Gasteiger partial charge in [0.1, 0.15) is 30.1 Å². The Labute approximate surface area is 316 Å². The van der Waals surface area contributed by atoms with Crippen LogP contribution in [0, 0.1) is 5.92 Å². The molecule has 0 spiro atoms. The van der Waals surface area contributed by atoms with E-state index in [-0.39, 0.29) is 40.8 Å². The number of phosphoric acid groups is 3. The molecule has 5 heterocycles. The average molecular weight is 866 g/mol. The van der Waals surface area contributed by atoms with Crippen LogP contribution in [0.5, 0.6) is 0 Å². The number of unbranched alkanes of at least 4 members (excludes halogenated alkanes) is 1. The number of aromatic nitrogens is 4. The molecule has 0 radical (unpaired) electrons. The third kappa shape index (κ3) is 12.6. The van der Waals surface area contributed by atoms with Gasteiger partial charge in [-0.05, 0) is 38.4 Å². The van der Waals surface area contributed by atoms with Crippen LogP contribution in [-0.4, -0.2) is 104 Å². The van der Waals surface area contributed by atoms with Gasteiger partial charge in [0.25, 0.3) is 0 Å². The first-order valence-corrected chi connectivity index (χ1v) is 24.2. The number of nitrogen functional groups attached to an aromatic ring is 1. The van der Waals surface area contributed by atoms with Crippen molar-refractivity contribution < 1.29 is 65.5 Å². The largest absolute Gasteiger partial charge is 0.490 e. The van der Waals surface area contributed by atoms with E-state index >= 15 is 0 Å². The van der Waals surface area contributed by atoms with Crippen molar-refractivity contribution >= 4 is 85.6 Å². The van der Waals surface area contributed by atoms with Crippen molar-refractivity contribution in [2.24, 2.45) is 5.92 Å². The summed E-state index contributed by atoms with van der Waals surface area (Å²) in [5, 5.41) is 6.49. The van der Waals surface area contributed by atoms with E-state index in [0.717, 1.165) is 25.0 Å². The number of nitrogens with one attached hydrogen (secondary N) is 2. The maximum absolute atomic E-state index is 12.6. The van der Waals surface area contributed by atoms with Gasteiger partial charge in [0.05, 0.1) is 19.0 Å². The molecule has 298 valence electrons.